The summed E-state index contributed by atoms with van der Waals surface area (Å²) in [6.07, 6.45) is -4.46. The van der Waals surface area contributed by atoms with Crippen molar-refractivity contribution >= 4 is 16.9 Å². The zero-order valence-electron chi connectivity index (χ0n) is 13.2. The fourth-order valence-electron chi connectivity index (χ4n) is 2.06. The summed E-state index contributed by atoms with van der Waals surface area (Å²) in [5.74, 6) is -1.59. The van der Waals surface area contributed by atoms with Gasteiger partial charge in [0, 0.05) is 11.6 Å². The molecule has 0 bridgehead atoms. The topological polar surface area (TPSA) is 60.7 Å². The van der Waals surface area contributed by atoms with Gasteiger partial charge in [-0.1, -0.05) is 12.1 Å². The minimum absolute atomic E-state index is 0.0366. The summed E-state index contributed by atoms with van der Waals surface area (Å²) in [6, 6.07) is 6.96. The van der Waals surface area contributed by atoms with Gasteiger partial charge >= 0.3 is 6.18 Å². The standard InChI is InChI=1S/C16H9F5N4OS/c17-11-5-6-13(12(18)7-11)27-14(26)8-25-23-15(22-24-25)9-1-3-10(4-2-9)16(19,20)21/h1-7H,8H2. The van der Waals surface area contributed by atoms with Crippen molar-refractivity contribution in [2.45, 2.75) is 17.6 Å². The Balaban J connectivity index is 1.68. The average Bonchev–Trinajstić information content (AvgIpc) is 3.05. The summed E-state index contributed by atoms with van der Waals surface area (Å²) in [5, 5.41) is 10.7. The van der Waals surface area contributed by atoms with Crippen molar-refractivity contribution in [2.75, 3.05) is 0 Å². The molecule has 0 N–H and O–H groups in total. The van der Waals surface area contributed by atoms with Gasteiger partial charge in [-0.2, -0.15) is 18.0 Å². The van der Waals surface area contributed by atoms with Crippen LogP contribution in [0.2, 0.25) is 0 Å². The minimum Gasteiger partial charge on any atom is -0.285 e. The minimum atomic E-state index is -4.46. The normalized spacial score (nSPS) is 11.6. The van der Waals surface area contributed by atoms with E-state index in [1.54, 1.807) is 0 Å². The van der Waals surface area contributed by atoms with Crippen LogP contribution in [-0.2, 0) is 17.5 Å². The monoisotopic (exact) mass is 400 g/mol. The Morgan fingerprint density at radius 2 is 1.78 bits per heavy atom. The number of benzene rings is 2. The van der Waals surface area contributed by atoms with Crippen molar-refractivity contribution in [3.05, 3.63) is 59.7 Å². The molecule has 1 aromatic heterocycles. The fraction of sp³-hybridized carbons (Fsp3) is 0.125. The molecule has 0 aliphatic heterocycles. The van der Waals surface area contributed by atoms with Crippen molar-refractivity contribution in [3.8, 4) is 11.4 Å². The average molecular weight is 400 g/mol. The molecular weight excluding hydrogens is 391 g/mol. The highest BCUT2D eigenvalue weighted by atomic mass is 32.2. The SMILES string of the molecule is O=C(Cn1nnc(-c2ccc(C(F)(F)F)cc2)n1)Sc1ccc(F)cc1F. The quantitative estimate of drug-likeness (QED) is 0.490. The number of aromatic nitrogens is 4. The highest BCUT2D eigenvalue weighted by Crippen LogP contribution is 2.30. The number of alkyl halides is 3. The second kappa shape index (κ2) is 7.43. The number of thioether (sulfide) groups is 1. The molecule has 0 fully saturated rings. The number of tetrazole rings is 1. The first kappa shape index (κ1) is 19.0. The van der Waals surface area contributed by atoms with Gasteiger partial charge in [0.25, 0.3) is 0 Å². The molecular formula is C16H9F5N4OS. The van der Waals surface area contributed by atoms with E-state index >= 15 is 0 Å². The third-order valence-electron chi connectivity index (χ3n) is 3.31. The highest BCUT2D eigenvalue weighted by Gasteiger charge is 2.30. The molecule has 0 amide bonds. The van der Waals surface area contributed by atoms with Crippen molar-refractivity contribution in [1.82, 2.24) is 20.2 Å². The lowest BCUT2D eigenvalue weighted by Gasteiger charge is -2.05. The first-order valence-corrected chi connectivity index (χ1v) is 8.15. The number of carbonyl (C=O) groups is 1. The first-order valence-electron chi connectivity index (χ1n) is 7.33. The zero-order valence-corrected chi connectivity index (χ0v) is 14.1. The van der Waals surface area contributed by atoms with Gasteiger partial charge < -0.3 is 0 Å². The number of rotatable bonds is 4. The molecule has 0 unspecified atom stereocenters. The largest absolute Gasteiger partial charge is 0.416 e. The molecule has 11 heteroatoms. The van der Waals surface area contributed by atoms with Crippen LogP contribution < -0.4 is 0 Å². The molecule has 140 valence electrons. The smallest absolute Gasteiger partial charge is 0.285 e. The lowest BCUT2D eigenvalue weighted by Crippen LogP contribution is -2.10. The maximum atomic E-state index is 13.5. The van der Waals surface area contributed by atoms with E-state index in [4.69, 9.17) is 0 Å². The molecule has 27 heavy (non-hydrogen) atoms. The fourth-order valence-corrected chi connectivity index (χ4v) is 2.78. The van der Waals surface area contributed by atoms with Crippen LogP contribution >= 0.6 is 11.8 Å². The van der Waals surface area contributed by atoms with Crippen LogP contribution in [0.5, 0.6) is 0 Å². The van der Waals surface area contributed by atoms with Crippen LogP contribution in [0, 0.1) is 11.6 Å². The summed E-state index contributed by atoms with van der Waals surface area (Å²) in [7, 11) is 0. The van der Waals surface area contributed by atoms with E-state index in [9.17, 15) is 26.7 Å². The zero-order chi connectivity index (χ0) is 19.6. The summed E-state index contributed by atoms with van der Waals surface area (Å²) in [6.45, 7) is -0.352. The van der Waals surface area contributed by atoms with Crippen LogP contribution in [0.4, 0.5) is 22.0 Å². The predicted molar refractivity (Wildman–Crippen MR) is 85.5 cm³/mol. The molecule has 0 saturated heterocycles. The molecule has 3 aromatic rings. The summed E-state index contributed by atoms with van der Waals surface area (Å²) < 4.78 is 64.1. The Bertz CT molecular complexity index is 972. The molecule has 0 spiro atoms. The van der Waals surface area contributed by atoms with E-state index < -0.39 is 28.5 Å². The van der Waals surface area contributed by atoms with Crippen LogP contribution in [0.1, 0.15) is 5.56 Å². The van der Waals surface area contributed by atoms with Crippen molar-refractivity contribution < 1.29 is 26.7 Å². The lowest BCUT2D eigenvalue weighted by molar-refractivity contribution is -0.137. The molecule has 0 radical (unpaired) electrons. The summed E-state index contributed by atoms with van der Waals surface area (Å²) in [4.78, 5) is 12.9. The number of nitrogens with zero attached hydrogens (tertiary/aromatic N) is 4. The second-order valence-corrected chi connectivity index (χ2v) is 6.37. The van der Waals surface area contributed by atoms with Crippen molar-refractivity contribution in [1.29, 1.82) is 0 Å². The van der Waals surface area contributed by atoms with Gasteiger partial charge in [0.1, 0.15) is 18.2 Å². The maximum Gasteiger partial charge on any atom is 0.416 e. The molecule has 0 saturated carbocycles. The van der Waals surface area contributed by atoms with Crippen LogP contribution in [0.25, 0.3) is 11.4 Å². The first-order chi connectivity index (χ1) is 12.7. The second-order valence-electron chi connectivity index (χ2n) is 5.27. The van der Waals surface area contributed by atoms with Gasteiger partial charge in [-0.3, -0.25) is 4.79 Å². The van der Waals surface area contributed by atoms with Gasteiger partial charge in [0.15, 0.2) is 0 Å². The number of halogens is 5. The van der Waals surface area contributed by atoms with Gasteiger partial charge in [-0.25, -0.2) is 8.78 Å². The molecule has 0 aliphatic rings. The highest BCUT2D eigenvalue weighted by molar-refractivity contribution is 8.13. The van der Waals surface area contributed by atoms with E-state index in [0.717, 1.165) is 29.1 Å². The van der Waals surface area contributed by atoms with Gasteiger partial charge in [-0.15, -0.1) is 10.2 Å². The van der Waals surface area contributed by atoms with E-state index in [1.807, 2.05) is 0 Å². The predicted octanol–water partition coefficient (Wildman–Crippen LogP) is 3.96. The Morgan fingerprint density at radius 3 is 2.41 bits per heavy atom. The number of carbonyl (C=O) groups excluding carboxylic acids is 1. The van der Waals surface area contributed by atoms with E-state index in [1.165, 1.54) is 12.1 Å². The van der Waals surface area contributed by atoms with Crippen LogP contribution in [0.15, 0.2) is 47.4 Å². The van der Waals surface area contributed by atoms with E-state index in [-0.39, 0.29) is 17.3 Å². The van der Waals surface area contributed by atoms with Crippen LogP contribution in [-0.4, -0.2) is 25.3 Å². The third-order valence-corrected chi connectivity index (χ3v) is 4.22. The molecule has 2 aromatic carbocycles. The summed E-state index contributed by atoms with van der Waals surface area (Å²) >= 11 is 0.549. The maximum absolute atomic E-state index is 13.5. The van der Waals surface area contributed by atoms with Gasteiger partial charge in [-0.05, 0) is 41.2 Å². The van der Waals surface area contributed by atoms with Crippen LogP contribution in [0.3, 0.4) is 0 Å². The Hall–Kier alpha value is -2.82. The molecule has 0 aliphatic carbocycles. The van der Waals surface area contributed by atoms with Gasteiger partial charge in [0.2, 0.25) is 10.9 Å². The lowest BCUT2D eigenvalue weighted by atomic mass is 10.1. The Kier molecular flexibility index (Phi) is 5.22. The Labute approximate surface area is 153 Å². The van der Waals surface area contributed by atoms with Gasteiger partial charge in [0.05, 0.1) is 10.5 Å². The van der Waals surface area contributed by atoms with Crippen molar-refractivity contribution in [2.24, 2.45) is 0 Å². The number of hydrogen-bond donors (Lipinski definition) is 0. The molecule has 5 nitrogen and oxygen atoms in total. The third kappa shape index (κ3) is 4.67. The molecule has 1 heterocycles. The molecule has 3 rings (SSSR count). The summed E-state index contributed by atoms with van der Waals surface area (Å²) in [5.41, 5.74) is -0.523. The van der Waals surface area contributed by atoms with E-state index in [2.05, 4.69) is 15.4 Å². The van der Waals surface area contributed by atoms with Crippen molar-refractivity contribution in [3.63, 3.8) is 0 Å². The van der Waals surface area contributed by atoms with E-state index in [0.29, 0.717) is 23.4 Å². The molecule has 0 atom stereocenters. The number of hydrogen-bond acceptors (Lipinski definition) is 5. The Morgan fingerprint density at radius 1 is 1.07 bits per heavy atom.